The molecule has 0 radical (unpaired) electrons. The van der Waals surface area contributed by atoms with E-state index in [2.05, 4.69) is 4.98 Å². The molecule has 0 atom stereocenters. The van der Waals surface area contributed by atoms with Crippen LogP contribution in [-0.4, -0.2) is 17.6 Å². The lowest BCUT2D eigenvalue weighted by Crippen LogP contribution is -2.19. The first kappa shape index (κ1) is 15.5. The predicted molar refractivity (Wildman–Crippen MR) is 63.9 cm³/mol. The Balaban J connectivity index is 3.47. The number of esters is 1. The van der Waals surface area contributed by atoms with E-state index in [0.717, 1.165) is 6.07 Å². The van der Waals surface area contributed by atoms with Crippen LogP contribution in [0.2, 0.25) is 0 Å². The Morgan fingerprint density at radius 1 is 1.37 bits per heavy atom. The molecular weight excluding hydrogens is 259 g/mol. The highest BCUT2D eigenvalue weighted by atomic mass is 19.4. The number of hydrogen-bond acceptors (Lipinski definition) is 3. The summed E-state index contributed by atoms with van der Waals surface area (Å²) in [5.74, 6) is -0.967. The van der Waals surface area contributed by atoms with Crippen molar-refractivity contribution in [3.8, 4) is 0 Å². The fraction of sp³-hybridized carbons (Fsp3) is 0.538. The third kappa shape index (κ3) is 3.68. The van der Waals surface area contributed by atoms with Crippen molar-refractivity contribution in [3.63, 3.8) is 0 Å². The number of rotatable bonds is 4. The number of aromatic nitrogens is 1. The zero-order valence-corrected chi connectivity index (χ0v) is 11.1. The van der Waals surface area contributed by atoms with E-state index in [0.29, 0.717) is 12.8 Å². The van der Waals surface area contributed by atoms with Gasteiger partial charge in [0.05, 0.1) is 23.4 Å². The SMILES string of the molecule is CCCc1nc(C)cc(C(F)(F)F)c1C(=O)OCC. The van der Waals surface area contributed by atoms with Crippen LogP contribution in [0.5, 0.6) is 0 Å². The molecule has 0 unspecified atom stereocenters. The molecular formula is C13H16F3NO2. The van der Waals surface area contributed by atoms with Gasteiger partial charge in [-0.25, -0.2) is 4.79 Å². The maximum Gasteiger partial charge on any atom is 0.417 e. The molecule has 1 aromatic rings. The molecule has 0 bridgehead atoms. The molecule has 0 amide bonds. The van der Waals surface area contributed by atoms with Crippen LogP contribution in [-0.2, 0) is 17.3 Å². The molecule has 0 aliphatic heterocycles. The van der Waals surface area contributed by atoms with E-state index < -0.39 is 23.3 Å². The maximum absolute atomic E-state index is 13.0. The molecule has 1 rings (SSSR count). The molecule has 0 saturated carbocycles. The minimum atomic E-state index is -4.60. The van der Waals surface area contributed by atoms with Gasteiger partial charge in [-0.2, -0.15) is 13.2 Å². The number of carbonyl (C=O) groups excluding carboxylic acids is 1. The average molecular weight is 275 g/mol. The fourth-order valence-corrected chi connectivity index (χ4v) is 1.81. The highest BCUT2D eigenvalue weighted by molar-refractivity contribution is 5.92. The van der Waals surface area contributed by atoms with Crippen LogP contribution in [0, 0.1) is 6.92 Å². The number of carbonyl (C=O) groups is 1. The fourth-order valence-electron chi connectivity index (χ4n) is 1.81. The normalized spacial score (nSPS) is 11.5. The van der Waals surface area contributed by atoms with Crippen LogP contribution in [0.4, 0.5) is 13.2 Å². The molecule has 1 aromatic heterocycles. The van der Waals surface area contributed by atoms with Crippen LogP contribution in [0.15, 0.2) is 6.07 Å². The summed E-state index contributed by atoms with van der Waals surface area (Å²) in [5.41, 5.74) is -1.04. The molecule has 3 nitrogen and oxygen atoms in total. The van der Waals surface area contributed by atoms with Gasteiger partial charge in [-0.15, -0.1) is 0 Å². The summed E-state index contributed by atoms with van der Waals surface area (Å²) in [5, 5.41) is 0. The summed E-state index contributed by atoms with van der Waals surface area (Å²) in [6.45, 7) is 4.86. The van der Waals surface area contributed by atoms with E-state index in [1.54, 1.807) is 6.92 Å². The smallest absolute Gasteiger partial charge is 0.417 e. The Morgan fingerprint density at radius 2 is 2.00 bits per heavy atom. The topological polar surface area (TPSA) is 39.2 Å². The van der Waals surface area contributed by atoms with Gasteiger partial charge in [-0.1, -0.05) is 13.3 Å². The van der Waals surface area contributed by atoms with Crippen LogP contribution in [0.1, 0.15) is 47.6 Å². The van der Waals surface area contributed by atoms with Gasteiger partial charge in [0, 0.05) is 5.69 Å². The number of ether oxygens (including phenoxy) is 1. The van der Waals surface area contributed by atoms with Gasteiger partial charge in [-0.05, 0) is 26.3 Å². The van der Waals surface area contributed by atoms with Gasteiger partial charge < -0.3 is 4.74 Å². The Kier molecular flexibility index (Phi) is 4.91. The summed E-state index contributed by atoms with van der Waals surface area (Å²) in [7, 11) is 0. The van der Waals surface area contributed by atoms with Gasteiger partial charge >= 0.3 is 12.1 Å². The molecule has 0 aliphatic rings. The first-order valence-electron chi connectivity index (χ1n) is 6.06. The van der Waals surface area contributed by atoms with E-state index in [1.165, 1.54) is 6.92 Å². The van der Waals surface area contributed by atoms with Crippen LogP contribution in [0.3, 0.4) is 0 Å². The number of nitrogens with zero attached hydrogens (tertiary/aromatic N) is 1. The Hall–Kier alpha value is -1.59. The van der Waals surface area contributed by atoms with Gasteiger partial charge in [0.2, 0.25) is 0 Å². The molecule has 19 heavy (non-hydrogen) atoms. The first-order valence-corrected chi connectivity index (χ1v) is 6.06. The van der Waals surface area contributed by atoms with E-state index >= 15 is 0 Å². The second-order valence-electron chi connectivity index (χ2n) is 4.10. The van der Waals surface area contributed by atoms with E-state index in [1.807, 2.05) is 6.92 Å². The minimum Gasteiger partial charge on any atom is -0.462 e. The van der Waals surface area contributed by atoms with E-state index in [9.17, 15) is 18.0 Å². The quantitative estimate of drug-likeness (QED) is 0.789. The van der Waals surface area contributed by atoms with Crippen molar-refractivity contribution in [3.05, 3.63) is 28.6 Å². The third-order valence-corrected chi connectivity index (χ3v) is 2.49. The highest BCUT2D eigenvalue weighted by Crippen LogP contribution is 2.34. The van der Waals surface area contributed by atoms with E-state index in [-0.39, 0.29) is 18.0 Å². The zero-order chi connectivity index (χ0) is 14.6. The molecule has 0 saturated heterocycles. The van der Waals surface area contributed by atoms with Crippen LogP contribution in [0.25, 0.3) is 0 Å². The number of hydrogen-bond donors (Lipinski definition) is 0. The summed E-state index contributed by atoms with van der Waals surface area (Å²) in [4.78, 5) is 15.8. The van der Waals surface area contributed by atoms with Crippen molar-refractivity contribution in [1.29, 1.82) is 0 Å². The van der Waals surface area contributed by atoms with Crippen molar-refractivity contribution in [1.82, 2.24) is 4.98 Å². The van der Waals surface area contributed by atoms with Crippen LogP contribution < -0.4 is 0 Å². The lowest BCUT2D eigenvalue weighted by molar-refractivity contribution is -0.138. The number of halogens is 3. The molecule has 6 heteroatoms. The summed E-state index contributed by atoms with van der Waals surface area (Å²) < 4.78 is 43.8. The van der Waals surface area contributed by atoms with Gasteiger partial charge in [0.15, 0.2) is 0 Å². The van der Waals surface area contributed by atoms with Crippen molar-refractivity contribution in [2.24, 2.45) is 0 Å². The Morgan fingerprint density at radius 3 is 2.47 bits per heavy atom. The first-order chi connectivity index (χ1) is 8.81. The van der Waals surface area contributed by atoms with Crippen molar-refractivity contribution in [2.75, 3.05) is 6.61 Å². The monoisotopic (exact) mass is 275 g/mol. The third-order valence-electron chi connectivity index (χ3n) is 2.49. The van der Waals surface area contributed by atoms with Crippen molar-refractivity contribution in [2.45, 2.75) is 39.8 Å². The zero-order valence-electron chi connectivity index (χ0n) is 11.1. The molecule has 0 aliphatic carbocycles. The molecule has 0 fully saturated rings. The summed E-state index contributed by atoms with van der Waals surface area (Å²) >= 11 is 0. The highest BCUT2D eigenvalue weighted by Gasteiger charge is 2.37. The lowest BCUT2D eigenvalue weighted by atomic mass is 10.0. The average Bonchev–Trinajstić information content (AvgIpc) is 2.27. The number of alkyl halides is 3. The van der Waals surface area contributed by atoms with Crippen molar-refractivity contribution < 1.29 is 22.7 Å². The Labute approximate surface area is 109 Å². The van der Waals surface area contributed by atoms with Crippen LogP contribution >= 0.6 is 0 Å². The largest absolute Gasteiger partial charge is 0.462 e. The minimum absolute atomic E-state index is 0.0234. The van der Waals surface area contributed by atoms with E-state index in [4.69, 9.17) is 4.74 Å². The molecule has 1 heterocycles. The predicted octanol–water partition coefficient (Wildman–Crippen LogP) is 3.54. The summed E-state index contributed by atoms with van der Waals surface area (Å²) in [6, 6.07) is 0.880. The molecule has 0 aromatic carbocycles. The second kappa shape index (κ2) is 6.04. The maximum atomic E-state index is 13.0. The summed E-state index contributed by atoms with van der Waals surface area (Å²) in [6.07, 6.45) is -3.70. The molecule has 0 N–H and O–H groups in total. The number of aryl methyl sites for hydroxylation is 2. The standard InChI is InChI=1S/C13H16F3NO2/c1-4-6-10-11(12(18)19-5-2)9(13(14,15)16)7-8(3)17-10/h7H,4-6H2,1-3H3. The molecule has 106 valence electrons. The van der Waals surface area contributed by atoms with Gasteiger partial charge in [0.25, 0.3) is 0 Å². The van der Waals surface area contributed by atoms with Gasteiger partial charge in [-0.3, -0.25) is 4.98 Å². The van der Waals surface area contributed by atoms with Crippen molar-refractivity contribution >= 4 is 5.97 Å². The Bertz CT molecular complexity index is 470. The number of pyridine rings is 1. The van der Waals surface area contributed by atoms with Gasteiger partial charge in [0.1, 0.15) is 0 Å². The lowest BCUT2D eigenvalue weighted by Gasteiger charge is -2.16. The molecule has 0 spiro atoms. The second-order valence-corrected chi connectivity index (χ2v) is 4.10.